The first-order chi connectivity index (χ1) is 7.20. The molecule has 0 aliphatic rings. The molecule has 82 valence electrons. The predicted molar refractivity (Wildman–Crippen MR) is 62.4 cm³/mol. The molecule has 1 rings (SSSR count). The van der Waals surface area contributed by atoms with Crippen LogP contribution < -0.4 is 0 Å². The summed E-state index contributed by atoms with van der Waals surface area (Å²) in [4.78, 5) is 13.0. The smallest absolute Gasteiger partial charge is 0.407 e. The third kappa shape index (κ3) is 4.74. The first-order valence-corrected chi connectivity index (χ1v) is 5.80. The Balaban J connectivity index is 2.15. The second-order valence-electron chi connectivity index (χ2n) is 3.22. The van der Waals surface area contributed by atoms with Gasteiger partial charge in [0, 0.05) is 18.5 Å². The van der Waals surface area contributed by atoms with Crippen LogP contribution in [0, 0.1) is 0 Å². The molecule has 1 aromatic rings. The van der Waals surface area contributed by atoms with Gasteiger partial charge >= 0.3 is 6.09 Å². The lowest BCUT2D eigenvalue weighted by Crippen LogP contribution is -2.25. The van der Waals surface area contributed by atoms with E-state index in [1.165, 1.54) is 9.80 Å². The van der Waals surface area contributed by atoms with E-state index >= 15 is 0 Å². The zero-order valence-electron chi connectivity index (χ0n) is 8.72. The van der Waals surface area contributed by atoms with Crippen molar-refractivity contribution in [1.82, 2.24) is 4.90 Å². The van der Waals surface area contributed by atoms with Crippen LogP contribution in [-0.2, 0) is 0 Å². The molecule has 0 bridgehead atoms. The standard InChI is InChI=1S/C11H15NO2S/c1-12(11(13)14)8-5-9-15-10-6-3-2-4-7-10/h2-4,6-7H,5,8-9H2,1H3,(H,13,14). The van der Waals surface area contributed by atoms with Crippen LogP contribution in [0.25, 0.3) is 0 Å². The van der Waals surface area contributed by atoms with Gasteiger partial charge in [0.25, 0.3) is 0 Å². The number of carboxylic acid groups (broad SMARTS) is 1. The van der Waals surface area contributed by atoms with Crippen LogP contribution >= 0.6 is 11.8 Å². The molecule has 1 amide bonds. The molecule has 4 heteroatoms. The minimum atomic E-state index is -0.861. The highest BCUT2D eigenvalue weighted by atomic mass is 32.2. The van der Waals surface area contributed by atoms with Gasteiger partial charge in [-0.25, -0.2) is 4.79 Å². The minimum absolute atomic E-state index is 0.592. The summed E-state index contributed by atoms with van der Waals surface area (Å²) in [7, 11) is 1.59. The average Bonchev–Trinajstić information content (AvgIpc) is 2.25. The molecule has 0 fully saturated rings. The maximum atomic E-state index is 10.5. The highest BCUT2D eigenvalue weighted by molar-refractivity contribution is 7.99. The van der Waals surface area contributed by atoms with Gasteiger partial charge in [-0.15, -0.1) is 11.8 Å². The van der Waals surface area contributed by atoms with E-state index < -0.39 is 6.09 Å². The van der Waals surface area contributed by atoms with Gasteiger partial charge in [0.05, 0.1) is 0 Å². The molecule has 0 saturated heterocycles. The van der Waals surface area contributed by atoms with Gasteiger partial charge in [-0.1, -0.05) is 18.2 Å². The number of nitrogens with zero attached hydrogens (tertiary/aromatic N) is 1. The number of thioether (sulfide) groups is 1. The Morgan fingerprint density at radius 1 is 1.40 bits per heavy atom. The van der Waals surface area contributed by atoms with Crippen molar-refractivity contribution < 1.29 is 9.90 Å². The monoisotopic (exact) mass is 225 g/mol. The van der Waals surface area contributed by atoms with E-state index in [0.29, 0.717) is 6.54 Å². The topological polar surface area (TPSA) is 40.5 Å². The number of hydrogen-bond donors (Lipinski definition) is 1. The van der Waals surface area contributed by atoms with E-state index in [-0.39, 0.29) is 0 Å². The molecular weight excluding hydrogens is 210 g/mol. The Kier molecular flexibility index (Phi) is 5.04. The summed E-state index contributed by atoms with van der Waals surface area (Å²) < 4.78 is 0. The average molecular weight is 225 g/mol. The SMILES string of the molecule is CN(CCCSc1ccccc1)C(=O)O. The Labute approximate surface area is 94.1 Å². The molecule has 0 unspecified atom stereocenters. The van der Waals surface area contributed by atoms with Gasteiger partial charge in [0.1, 0.15) is 0 Å². The van der Waals surface area contributed by atoms with Crippen LogP contribution in [-0.4, -0.2) is 35.4 Å². The third-order valence-corrected chi connectivity index (χ3v) is 3.07. The quantitative estimate of drug-likeness (QED) is 0.618. The van der Waals surface area contributed by atoms with E-state index in [9.17, 15) is 4.79 Å². The number of carbonyl (C=O) groups is 1. The van der Waals surface area contributed by atoms with Gasteiger partial charge in [0.15, 0.2) is 0 Å². The normalized spacial score (nSPS) is 9.93. The number of amides is 1. The van der Waals surface area contributed by atoms with E-state index in [2.05, 4.69) is 12.1 Å². The molecule has 0 atom stereocenters. The van der Waals surface area contributed by atoms with Crippen molar-refractivity contribution in [3.8, 4) is 0 Å². The molecule has 0 aromatic heterocycles. The van der Waals surface area contributed by atoms with Crippen molar-refractivity contribution in [2.24, 2.45) is 0 Å². The second-order valence-corrected chi connectivity index (χ2v) is 4.39. The zero-order chi connectivity index (χ0) is 11.1. The molecule has 0 saturated carbocycles. The Bertz CT molecular complexity index is 303. The van der Waals surface area contributed by atoms with Crippen LogP contribution in [0.3, 0.4) is 0 Å². The largest absolute Gasteiger partial charge is 0.465 e. The van der Waals surface area contributed by atoms with E-state index in [1.54, 1.807) is 18.8 Å². The molecule has 0 heterocycles. The van der Waals surface area contributed by atoms with Gasteiger partial charge < -0.3 is 10.0 Å². The minimum Gasteiger partial charge on any atom is -0.465 e. The molecule has 0 radical (unpaired) electrons. The summed E-state index contributed by atoms with van der Waals surface area (Å²) in [6, 6.07) is 10.1. The molecule has 3 nitrogen and oxygen atoms in total. The number of benzene rings is 1. The summed E-state index contributed by atoms with van der Waals surface area (Å²) in [6.45, 7) is 0.592. The first kappa shape index (κ1) is 11.9. The molecule has 0 spiro atoms. The zero-order valence-corrected chi connectivity index (χ0v) is 9.54. The van der Waals surface area contributed by atoms with Crippen molar-refractivity contribution in [1.29, 1.82) is 0 Å². The lowest BCUT2D eigenvalue weighted by atomic mass is 10.4. The van der Waals surface area contributed by atoms with Crippen LogP contribution in [0.5, 0.6) is 0 Å². The van der Waals surface area contributed by atoms with Gasteiger partial charge in [-0.05, 0) is 24.3 Å². The van der Waals surface area contributed by atoms with E-state index in [4.69, 9.17) is 5.11 Å². The fourth-order valence-corrected chi connectivity index (χ4v) is 1.96. The van der Waals surface area contributed by atoms with Crippen LogP contribution in [0.15, 0.2) is 35.2 Å². The fourth-order valence-electron chi connectivity index (χ4n) is 1.10. The van der Waals surface area contributed by atoms with Crippen molar-refractivity contribution in [3.63, 3.8) is 0 Å². The summed E-state index contributed by atoms with van der Waals surface area (Å²) in [6.07, 6.45) is 0.0160. The first-order valence-electron chi connectivity index (χ1n) is 4.82. The maximum absolute atomic E-state index is 10.5. The van der Waals surface area contributed by atoms with E-state index in [0.717, 1.165) is 12.2 Å². The lowest BCUT2D eigenvalue weighted by Gasteiger charge is -2.11. The highest BCUT2D eigenvalue weighted by Crippen LogP contribution is 2.17. The Morgan fingerprint density at radius 3 is 2.67 bits per heavy atom. The molecule has 0 aliphatic heterocycles. The number of rotatable bonds is 5. The molecule has 1 N–H and O–H groups in total. The Morgan fingerprint density at radius 2 is 2.07 bits per heavy atom. The Hall–Kier alpha value is -1.16. The third-order valence-electron chi connectivity index (χ3n) is 1.98. The maximum Gasteiger partial charge on any atom is 0.407 e. The van der Waals surface area contributed by atoms with Crippen molar-refractivity contribution in [2.45, 2.75) is 11.3 Å². The molecule has 15 heavy (non-hydrogen) atoms. The summed E-state index contributed by atoms with van der Waals surface area (Å²) >= 11 is 1.75. The lowest BCUT2D eigenvalue weighted by molar-refractivity contribution is 0.156. The van der Waals surface area contributed by atoms with Crippen molar-refractivity contribution in [3.05, 3.63) is 30.3 Å². The summed E-state index contributed by atoms with van der Waals surface area (Å²) in [5, 5.41) is 8.62. The number of hydrogen-bond acceptors (Lipinski definition) is 2. The summed E-state index contributed by atoms with van der Waals surface area (Å²) in [5.74, 6) is 0.946. The highest BCUT2D eigenvalue weighted by Gasteiger charge is 2.03. The van der Waals surface area contributed by atoms with Crippen LogP contribution in [0.1, 0.15) is 6.42 Å². The second kappa shape index (κ2) is 6.35. The van der Waals surface area contributed by atoms with Crippen molar-refractivity contribution in [2.75, 3.05) is 19.3 Å². The van der Waals surface area contributed by atoms with Gasteiger partial charge in [-0.3, -0.25) is 0 Å². The molecule has 1 aromatic carbocycles. The van der Waals surface area contributed by atoms with Crippen molar-refractivity contribution >= 4 is 17.9 Å². The predicted octanol–water partition coefficient (Wildman–Crippen LogP) is 2.78. The molecular formula is C11H15NO2S. The fraction of sp³-hybridized carbons (Fsp3) is 0.364. The van der Waals surface area contributed by atoms with Crippen LogP contribution in [0.2, 0.25) is 0 Å². The van der Waals surface area contributed by atoms with Crippen LogP contribution in [0.4, 0.5) is 4.79 Å². The van der Waals surface area contributed by atoms with Gasteiger partial charge in [0.2, 0.25) is 0 Å². The van der Waals surface area contributed by atoms with E-state index in [1.807, 2.05) is 18.2 Å². The van der Waals surface area contributed by atoms with Gasteiger partial charge in [-0.2, -0.15) is 0 Å². The molecule has 0 aliphatic carbocycles. The summed E-state index contributed by atoms with van der Waals surface area (Å²) in [5.41, 5.74) is 0.